The number of hydrogen-bond donors (Lipinski definition) is 1. The second kappa shape index (κ2) is 7.91. The van der Waals surface area contributed by atoms with Gasteiger partial charge in [-0.1, -0.05) is 6.07 Å². The van der Waals surface area contributed by atoms with E-state index in [1.807, 2.05) is 6.07 Å². The van der Waals surface area contributed by atoms with E-state index in [9.17, 15) is 18.8 Å². The molecule has 2 aromatic rings. The van der Waals surface area contributed by atoms with Gasteiger partial charge in [-0.25, -0.2) is 4.39 Å². The van der Waals surface area contributed by atoms with Crippen LogP contribution in [0.4, 0.5) is 15.8 Å². The highest BCUT2D eigenvalue weighted by Gasteiger charge is 2.21. The van der Waals surface area contributed by atoms with E-state index in [2.05, 4.69) is 5.32 Å². The fraction of sp³-hybridized carbons (Fsp3) is 0.250. The van der Waals surface area contributed by atoms with Crippen LogP contribution in [0.15, 0.2) is 48.5 Å². The molecule has 0 spiro atoms. The number of carbonyl (C=O) groups excluding carboxylic acids is 3. The predicted molar refractivity (Wildman–Crippen MR) is 96.6 cm³/mol. The number of hydrogen-bond acceptors (Lipinski definition) is 3. The molecule has 1 aliphatic rings. The van der Waals surface area contributed by atoms with Gasteiger partial charge < -0.3 is 10.2 Å². The third-order valence-corrected chi connectivity index (χ3v) is 4.26. The molecule has 6 heteroatoms. The summed E-state index contributed by atoms with van der Waals surface area (Å²) in [6, 6.07) is 12.4. The highest BCUT2D eigenvalue weighted by molar-refractivity contribution is 6.00. The number of benzene rings is 2. The maximum absolute atomic E-state index is 12.9. The number of amides is 2. The van der Waals surface area contributed by atoms with E-state index in [0.29, 0.717) is 24.2 Å². The van der Waals surface area contributed by atoms with Gasteiger partial charge in [0.1, 0.15) is 5.82 Å². The minimum Gasteiger partial charge on any atom is -0.326 e. The summed E-state index contributed by atoms with van der Waals surface area (Å²) in [4.78, 5) is 37.6. The van der Waals surface area contributed by atoms with E-state index in [1.54, 1.807) is 23.1 Å². The lowest BCUT2D eigenvalue weighted by molar-refractivity contribution is -0.117. The monoisotopic (exact) mass is 354 g/mol. The Morgan fingerprint density at radius 3 is 2.54 bits per heavy atom. The summed E-state index contributed by atoms with van der Waals surface area (Å²) in [5.74, 6) is -0.823. The molecule has 26 heavy (non-hydrogen) atoms. The SMILES string of the molecule is O=C(CCC(=O)c1ccc(F)cc1)Nc1cccc(N2CCCC2=O)c1. The number of rotatable bonds is 6. The zero-order valence-corrected chi connectivity index (χ0v) is 14.2. The molecule has 3 rings (SSSR count). The lowest BCUT2D eigenvalue weighted by Crippen LogP contribution is -2.23. The minimum atomic E-state index is -0.407. The maximum Gasteiger partial charge on any atom is 0.227 e. The van der Waals surface area contributed by atoms with E-state index >= 15 is 0 Å². The van der Waals surface area contributed by atoms with Crippen LogP contribution in [-0.4, -0.2) is 24.1 Å². The number of nitrogens with one attached hydrogen (secondary N) is 1. The van der Waals surface area contributed by atoms with Gasteiger partial charge in [-0.3, -0.25) is 14.4 Å². The average molecular weight is 354 g/mol. The first-order valence-electron chi connectivity index (χ1n) is 8.52. The topological polar surface area (TPSA) is 66.5 Å². The first kappa shape index (κ1) is 17.8. The van der Waals surface area contributed by atoms with Crippen molar-refractivity contribution in [2.45, 2.75) is 25.7 Å². The van der Waals surface area contributed by atoms with Crippen molar-refractivity contribution >= 4 is 29.0 Å². The Kier molecular flexibility index (Phi) is 5.41. The van der Waals surface area contributed by atoms with E-state index in [4.69, 9.17) is 0 Å². The molecule has 0 saturated carbocycles. The summed E-state index contributed by atoms with van der Waals surface area (Å²) in [6.45, 7) is 0.683. The summed E-state index contributed by atoms with van der Waals surface area (Å²) in [5, 5.41) is 2.75. The van der Waals surface area contributed by atoms with E-state index < -0.39 is 5.82 Å². The number of nitrogens with zero attached hydrogens (tertiary/aromatic N) is 1. The number of halogens is 1. The fourth-order valence-electron chi connectivity index (χ4n) is 2.90. The lowest BCUT2D eigenvalue weighted by atomic mass is 10.1. The van der Waals surface area contributed by atoms with Crippen LogP contribution in [-0.2, 0) is 9.59 Å². The van der Waals surface area contributed by atoms with Crippen molar-refractivity contribution in [3.8, 4) is 0 Å². The fourth-order valence-corrected chi connectivity index (χ4v) is 2.90. The summed E-state index contributed by atoms with van der Waals surface area (Å²) in [5.41, 5.74) is 1.72. The van der Waals surface area contributed by atoms with Gasteiger partial charge in [0.05, 0.1) is 0 Å². The van der Waals surface area contributed by atoms with Crippen LogP contribution in [0.1, 0.15) is 36.0 Å². The molecule has 1 saturated heterocycles. The van der Waals surface area contributed by atoms with Crippen LogP contribution in [0.3, 0.4) is 0 Å². The van der Waals surface area contributed by atoms with Crippen molar-refractivity contribution < 1.29 is 18.8 Å². The van der Waals surface area contributed by atoms with Gasteiger partial charge in [-0.15, -0.1) is 0 Å². The quantitative estimate of drug-likeness (QED) is 0.807. The molecule has 1 N–H and O–H groups in total. The first-order valence-corrected chi connectivity index (χ1v) is 8.52. The Morgan fingerprint density at radius 2 is 1.85 bits per heavy atom. The Labute approximate surface area is 150 Å². The maximum atomic E-state index is 12.9. The Morgan fingerprint density at radius 1 is 1.08 bits per heavy atom. The zero-order chi connectivity index (χ0) is 18.5. The predicted octanol–water partition coefficient (Wildman–Crippen LogP) is 3.55. The molecular weight excluding hydrogens is 335 g/mol. The molecule has 1 aliphatic heterocycles. The third-order valence-electron chi connectivity index (χ3n) is 4.26. The van der Waals surface area contributed by atoms with Crippen molar-refractivity contribution in [2.75, 3.05) is 16.8 Å². The molecule has 1 fully saturated rings. The second-order valence-corrected chi connectivity index (χ2v) is 6.18. The van der Waals surface area contributed by atoms with E-state index in [-0.39, 0.29) is 30.4 Å². The van der Waals surface area contributed by atoms with Gasteiger partial charge in [0.25, 0.3) is 0 Å². The molecule has 0 aliphatic carbocycles. The molecular formula is C20H19FN2O3. The molecule has 134 valence electrons. The molecule has 2 amide bonds. The molecule has 2 aromatic carbocycles. The number of anilines is 2. The van der Waals surface area contributed by atoms with Gasteiger partial charge in [-0.2, -0.15) is 0 Å². The van der Waals surface area contributed by atoms with Crippen LogP contribution >= 0.6 is 0 Å². The highest BCUT2D eigenvalue weighted by atomic mass is 19.1. The van der Waals surface area contributed by atoms with E-state index in [0.717, 1.165) is 12.1 Å². The molecule has 0 aromatic heterocycles. The van der Waals surface area contributed by atoms with Crippen molar-refractivity contribution in [1.82, 2.24) is 0 Å². The lowest BCUT2D eigenvalue weighted by Gasteiger charge is -2.16. The van der Waals surface area contributed by atoms with Crippen LogP contribution < -0.4 is 10.2 Å². The Hall–Kier alpha value is -3.02. The second-order valence-electron chi connectivity index (χ2n) is 6.18. The van der Waals surface area contributed by atoms with E-state index in [1.165, 1.54) is 24.3 Å². The molecule has 0 bridgehead atoms. The van der Waals surface area contributed by atoms with Crippen LogP contribution in [0.5, 0.6) is 0 Å². The molecule has 0 atom stereocenters. The summed E-state index contributed by atoms with van der Waals surface area (Å²) >= 11 is 0. The van der Waals surface area contributed by atoms with Crippen molar-refractivity contribution in [3.63, 3.8) is 0 Å². The average Bonchev–Trinajstić information content (AvgIpc) is 3.06. The number of Topliss-reactive ketones (excluding diaryl/α,β-unsaturated/α-hetero) is 1. The highest BCUT2D eigenvalue weighted by Crippen LogP contribution is 2.24. The summed E-state index contributed by atoms with van der Waals surface area (Å²) in [7, 11) is 0. The number of ketones is 1. The largest absolute Gasteiger partial charge is 0.326 e. The zero-order valence-electron chi connectivity index (χ0n) is 14.2. The molecule has 1 heterocycles. The Balaban J connectivity index is 1.55. The van der Waals surface area contributed by atoms with Crippen LogP contribution in [0.25, 0.3) is 0 Å². The van der Waals surface area contributed by atoms with Gasteiger partial charge in [0.2, 0.25) is 11.8 Å². The third kappa shape index (κ3) is 4.33. The van der Waals surface area contributed by atoms with Gasteiger partial charge in [0.15, 0.2) is 5.78 Å². The van der Waals surface area contributed by atoms with Crippen molar-refractivity contribution in [2.24, 2.45) is 0 Å². The first-order chi connectivity index (χ1) is 12.5. The van der Waals surface area contributed by atoms with Crippen molar-refractivity contribution in [3.05, 3.63) is 59.9 Å². The molecule has 0 unspecified atom stereocenters. The van der Waals surface area contributed by atoms with Crippen LogP contribution in [0.2, 0.25) is 0 Å². The normalized spacial score (nSPS) is 13.7. The van der Waals surface area contributed by atoms with Gasteiger partial charge in [-0.05, 0) is 48.9 Å². The van der Waals surface area contributed by atoms with Gasteiger partial charge >= 0.3 is 0 Å². The molecule has 5 nitrogen and oxygen atoms in total. The standard InChI is InChI=1S/C20H19FN2O3/c21-15-8-6-14(7-9-15)18(24)10-11-19(25)22-16-3-1-4-17(13-16)23-12-2-5-20(23)26/h1,3-4,6-9,13H,2,5,10-12H2,(H,22,25). The van der Waals surface area contributed by atoms with Crippen molar-refractivity contribution in [1.29, 1.82) is 0 Å². The molecule has 0 radical (unpaired) electrons. The van der Waals surface area contributed by atoms with Gasteiger partial charge in [0, 0.05) is 42.7 Å². The summed E-state index contributed by atoms with van der Waals surface area (Å²) < 4.78 is 12.9. The minimum absolute atomic E-state index is 0.0308. The number of carbonyl (C=O) groups is 3. The Bertz CT molecular complexity index is 833. The van der Waals surface area contributed by atoms with Crippen LogP contribution in [0, 0.1) is 5.82 Å². The summed E-state index contributed by atoms with van der Waals surface area (Å²) in [6.07, 6.45) is 1.45. The smallest absolute Gasteiger partial charge is 0.227 e.